The first kappa shape index (κ1) is 20.7. The number of thiophene rings is 1. The fourth-order valence-electron chi connectivity index (χ4n) is 3.38. The molecule has 2 heterocycles. The van der Waals surface area contributed by atoms with E-state index in [2.05, 4.69) is 5.32 Å². The number of aryl methyl sites for hydroxylation is 1. The number of nitrogens with one attached hydrogen (secondary N) is 1. The van der Waals surface area contributed by atoms with Crippen LogP contribution >= 0.6 is 11.3 Å². The molecule has 0 radical (unpaired) electrons. The van der Waals surface area contributed by atoms with Crippen LogP contribution in [-0.4, -0.2) is 30.9 Å². The predicted molar refractivity (Wildman–Crippen MR) is 121 cm³/mol. The zero-order valence-electron chi connectivity index (χ0n) is 17.5. The Hall–Kier alpha value is -3.58. The third-order valence-corrected chi connectivity index (χ3v) is 5.91. The zero-order valence-corrected chi connectivity index (χ0v) is 18.3. The average molecular weight is 435 g/mol. The fraction of sp³-hybridized carbons (Fsp3) is 0.167. The molecule has 4 rings (SSSR count). The Balaban J connectivity index is 1.71. The van der Waals surface area contributed by atoms with Crippen LogP contribution in [-0.2, 0) is 16.1 Å². The minimum atomic E-state index is -0.365. The van der Waals surface area contributed by atoms with E-state index in [9.17, 15) is 9.59 Å². The highest BCUT2D eigenvalue weighted by atomic mass is 32.1. The molecular formula is C24H22N2O4S. The number of hydrogen-bond acceptors (Lipinski definition) is 6. The molecule has 0 saturated heterocycles. The van der Waals surface area contributed by atoms with Crippen molar-refractivity contribution in [3.63, 3.8) is 0 Å². The third kappa shape index (κ3) is 4.18. The molecule has 1 aliphatic rings. The van der Waals surface area contributed by atoms with Gasteiger partial charge in [0.15, 0.2) is 0 Å². The topological polar surface area (TPSA) is 67.9 Å². The van der Waals surface area contributed by atoms with Crippen molar-refractivity contribution >= 4 is 34.4 Å². The first-order valence-electron chi connectivity index (χ1n) is 9.70. The van der Waals surface area contributed by atoms with Crippen LogP contribution in [0, 0.1) is 6.92 Å². The van der Waals surface area contributed by atoms with Gasteiger partial charge in [0.2, 0.25) is 0 Å². The minimum absolute atomic E-state index is 0.208. The van der Waals surface area contributed by atoms with Gasteiger partial charge in [0.25, 0.3) is 11.8 Å². The van der Waals surface area contributed by atoms with Crippen molar-refractivity contribution in [2.45, 2.75) is 13.5 Å². The molecule has 2 aromatic carbocycles. The molecule has 1 N–H and O–H groups in total. The van der Waals surface area contributed by atoms with Gasteiger partial charge < -0.3 is 14.8 Å². The summed E-state index contributed by atoms with van der Waals surface area (Å²) in [5, 5.41) is 5.03. The number of nitrogens with zero attached hydrogens (tertiary/aromatic N) is 1. The molecule has 0 fully saturated rings. The third-order valence-electron chi connectivity index (χ3n) is 5.02. The lowest BCUT2D eigenvalue weighted by Crippen LogP contribution is -2.31. The highest BCUT2D eigenvalue weighted by molar-refractivity contribution is 7.11. The number of methoxy groups -OCH3 is 2. The molecule has 1 aliphatic heterocycles. The Morgan fingerprint density at radius 2 is 1.61 bits per heavy atom. The smallest absolute Gasteiger partial charge is 0.278 e. The van der Waals surface area contributed by atoms with Crippen molar-refractivity contribution in [3.05, 3.63) is 81.7 Å². The van der Waals surface area contributed by atoms with Gasteiger partial charge in [-0.25, -0.2) is 0 Å². The van der Waals surface area contributed by atoms with Gasteiger partial charge >= 0.3 is 0 Å². The van der Waals surface area contributed by atoms with Crippen molar-refractivity contribution < 1.29 is 19.1 Å². The second kappa shape index (κ2) is 8.65. The largest absolute Gasteiger partial charge is 0.497 e. The lowest BCUT2D eigenvalue weighted by atomic mass is 10.1. The van der Waals surface area contributed by atoms with E-state index in [1.54, 1.807) is 32.4 Å². The van der Waals surface area contributed by atoms with Crippen LogP contribution in [0.25, 0.3) is 5.57 Å². The van der Waals surface area contributed by atoms with Crippen LogP contribution in [0.3, 0.4) is 0 Å². The SMILES string of the molecule is COc1cc(NC2=C(c3cccs3)C(=O)N(Cc3ccc(C)cc3)C2=O)cc(OC)c1. The number of amides is 2. The van der Waals surface area contributed by atoms with E-state index in [-0.39, 0.29) is 24.1 Å². The predicted octanol–water partition coefficient (Wildman–Crippen LogP) is 4.47. The molecule has 0 atom stereocenters. The van der Waals surface area contributed by atoms with Crippen LogP contribution in [0.15, 0.2) is 65.7 Å². The number of anilines is 1. The second-order valence-corrected chi connectivity index (χ2v) is 8.08. The number of rotatable bonds is 7. The van der Waals surface area contributed by atoms with Gasteiger partial charge in [0, 0.05) is 28.8 Å². The molecule has 1 aromatic heterocycles. The number of hydrogen-bond donors (Lipinski definition) is 1. The van der Waals surface area contributed by atoms with Crippen molar-refractivity contribution in [1.29, 1.82) is 0 Å². The van der Waals surface area contributed by atoms with Gasteiger partial charge in [-0.3, -0.25) is 14.5 Å². The van der Waals surface area contributed by atoms with Gasteiger partial charge in [0.05, 0.1) is 26.3 Å². The molecule has 3 aromatic rings. The molecule has 0 bridgehead atoms. The summed E-state index contributed by atoms with van der Waals surface area (Å²) >= 11 is 1.42. The van der Waals surface area contributed by atoms with Gasteiger partial charge in [-0.1, -0.05) is 35.9 Å². The Kier molecular flexibility index (Phi) is 5.77. The van der Waals surface area contributed by atoms with Crippen LogP contribution in [0.2, 0.25) is 0 Å². The van der Waals surface area contributed by atoms with E-state index in [0.29, 0.717) is 22.8 Å². The summed E-state index contributed by atoms with van der Waals surface area (Å²) in [6, 6.07) is 16.7. The Morgan fingerprint density at radius 1 is 0.935 bits per heavy atom. The quantitative estimate of drug-likeness (QED) is 0.556. The lowest BCUT2D eigenvalue weighted by Gasteiger charge is -2.16. The van der Waals surface area contributed by atoms with Crippen LogP contribution in [0.5, 0.6) is 11.5 Å². The lowest BCUT2D eigenvalue weighted by molar-refractivity contribution is -0.137. The normalized spacial score (nSPS) is 13.7. The Morgan fingerprint density at radius 3 is 2.19 bits per heavy atom. The average Bonchev–Trinajstić information content (AvgIpc) is 3.38. The molecule has 31 heavy (non-hydrogen) atoms. The molecule has 0 saturated carbocycles. The number of ether oxygens (including phenoxy) is 2. The fourth-order valence-corrected chi connectivity index (χ4v) is 4.15. The monoisotopic (exact) mass is 434 g/mol. The minimum Gasteiger partial charge on any atom is -0.497 e. The van der Waals surface area contributed by atoms with Crippen molar-refractivity contribution in [1.82, 2.24) is 4.90 Å². The maximum Gasteiger partial charge on any atom is 0.278 e. The summed E-state index contributed by atoms with van der Waals surface area (Å²) in [6.07, 6.45) is 0. The molecular weight excluding hydrogens is 412 g/mol. The van der Waals surface area contributed by atoms with Crippen molar-refractivity contribution in [3.8, 4) is 11.5 Å². The summed E-state index contributed by atoms with van der Waals surface area (Å²) in [7, 11) is 3.12. The molecule has 7 heteroatoms. The number of imide groups is 1. The second-order valence-electron chi connectivity index (χ2n) is 7.14. The van der Waals surface area contributed by atoms with E-state index in [1.165, 1.54) is 16.2 Å². The number of benzene rings is 2. The molecule has 2 amide bonds. The van der Waals surface area contributed by atoms with E-state index < -0.39 is 0 Å². The molecule has 6 nitrogen and oxygen atoms in total. The summed E-state index contributed by atoms with van der Waals surface area (Å²) in [5.41, 5.74) is 3.22. The van der Waals surface area contributed by atoms with Crippen LogP contribution in [0.4, 0.5) is 5.69 Å². The summed E-state index contributed by atoms with van der Waals surface area (Å²) in [5.74, 6) is 0.475. The number of carbonyl (C=O) groups is 2. The summed E-state index contributed by atoms with van der Waals surface area (Å²) in [6.45, 7) is 2.20. The van der Waals surface area contributed by atoms with E-state index in [4.69, 9.17) is 9.47 Å². The van der Waals surface area contributed by atoms with Crippen molar-refractivity contribution in [2.75, 3.05) is 19.5 Å². The first-order valence-corrected chi connectivity index (χ1v) is 10.6. The van der Waals surface area contributed by atoms with Gasteiger partial charge in [0.1, 0.15) is 17.2 Å². The maximum absolute atomic E-state index is 13.3. The molecule has 0 unspecified atom stereocenters. The highest BCUT2D eigenvalue weighted by Gasteiger charge is 2.39. The Labute approximate surface area is 184 Å². The van der Waals surface area contributed by atoms with E-state index in [0.717, 1.165) is 16.0 Å². The van der Waals surface area contributed by atoms with Gasteiger partial charge in [-0.15, -0.1) is 11.3 Å². The first-order chi connectivity index (χ1) is 15.0. The molecule has 158 valence electrons. The molecule has 0 aliphatic carbocycles. The van der Waals surface area contributed by atoms with E-state index in [1.807, 2.05) is 48.7 Å². The molecule has 0 spiro atoms. The van der Waals surface area contributed by atoms with Gasteiger partial charge in [-0.05, 0) is 23.9 Å². The van der Waals surface area contributed by atoms with Crippen LogP contribution < -0.4 is 14.8 Å². The van der Waals surface area contributed by atoms with Gasteiger partial charge in [-0.2, -0.15) is 0 Å². The Bertz CT molecular complexity index is 1130. The van der Waals surface area contributed by atoms with Crippen molar-refractivity contribution in [2.24, 2.45) is 0 Å². The van der Waals surface area contributed by atoms with E-state index >= 15 is 0 Å². The highest BCUT2D eigenvalue weighted by Crippen LogP contribution is 2.35. The summed E-state index contributed by atoms with van der Waals surface area (Å²) < 4.78 is 10.6. The summed E-state index contributed by atoms with van der Waals surface area (Å²) in [4.78, 5) is 28.6. The standard InChI is InChI=1S/C24H22N2O4S/c1-15-6-8-16(9-7-15)14-26-23(27)21(20-5-4-10-31-20)22(24(26)28)25-17-11-18(29-2)13-19(12-17)30-3/h4-13,25H,14H2,1-3H3. The number of carbonyl (C=O) groups excluding carboxylic acids is 2. The van der Waals surface area contributed by atoms with Crippen LogP contribution in [0.1, 0.15) is 16.0 Å². The zero-order chi connectivity index (χ0) is 22.0. The maximum atomic E-state index is 13.3.